The lowest BCUT2D eigenvalue weighted by atomic mass is 9.66. The van der Waals surface area contributed by atoms with Crippen LogP contribution in [0.25, 0.3) is 0 Å². The highest BCUT2D eigenvalue weighted by Gasteiger charge is 2.61. The van der Waals surface area contributed by atoms with Crippen molar-refractivity contribution in [3.05, 3.63) is 33.4 Å². The first-order valence-electron chi connectivity index (χ1n) is 14.0. The quantitative estimate of drug-likeness (QED) is 0.244. The van der Waals surface area contributed by atoms with Gasteiger partial charge in [-0.25, -0.2) is 0 Å². The van der Waals surface area contributed by atoms with Gasteiger partial charge in [0.2, 0.25) is 0 Å². The van der Waals surface area contributed by atoms with Gasteiger partial charge < -0.3 is 49.2 Å². The van der Waals surface area contributed by atoms with Crippen molar-refractivity contribution in [1.82, 2.24) is 0 Å². The molecule has 13 nitrogen and oxygen atoms in total. The molecule has 4 heterocycles. The van der Waals surface area contributed by atoms with Crippen molar-refractivity contribution in [2.45, 2.75) is 107 Å². The van der Waals surface area contributed by atoms with Crippen molar-refractivity contribution in [3.8, 4) is 11.5 Å². The fourth-order valence-electron chi connectivity index (χ4n) is 7.09. The van der Waals surface area contributed by atoms with Crippen LogP contribution in [-0.2, 0) is 34.1 Å². The number of hydrogen-bond donors (Lipinski definition) is 5. The SMILES string of the molecule is COC(=O)C[C@@H]1O[C@@H](C)C2=C(C(=O)c3c(O)c4c(c(O)c3C2=O)[C@@]2(O)[C@H](C)O[C@H]4C[C@@H]2O[C@@H]2CC[C@H](O)[C@@H](C)O2)[C@@H]1O. The number of ketones is 2. The number of carbonyl (C=O) groups excluding carboxylic acids is 3. The lowest BCUT2D eigenvalue weighted by Crippen LogP contribution is -2.60. The molecular formula is C29H34O13. The summed E-state index contributed by atoms with van der Waals surface area (Å²) < 4.78 is 28.3. The van der Waals surface area contributed by atoms with E-state index in [-0.39, 0.29) is 35.1 Å². The molecule has 42 heavy (non-hydrogen) atoms. The summed E-state index contributed by atoms with van der Waals surface area (Å²) in [5.41, 5.74) is -3.89. The van der Waals surface area contributed by atoms with E-state index in [1.807, 2.05) is 0 Å². The Morgan fingerprint density at radius 3 is 2.31 bits per heavy atom. The van der Waals surface area contributed by atoms with Crippen molar-refractivity contribution in [3.63, 3.8) is 0 Å². The third kappa shape index (κ3) is 3.99. The van der Waals surface area contributed by atoms with E-state index in [2.05, 4.69) is 4.74 Å². The van der Waals surface area contributed by atoms with E-state index in [0.717, 1.165) is 7.11 Å². The zero-order valence-electron chi connectivity index (χ0n) is 23.5. The second-order valence-corrected chi connectivity index (χ2v) is 11.6. The van der Waals surface area contributed by atoms with E-state index in [0.29, 0.717) is 12.8 Å². The van der Waals surface area contributed by atoms with Crippen molar-refractivity contribution in [2.24, 2.45) is 0 Å². The highest BCUT2D eigenvalue weighted by atomic mass is 16.7. The van der Waals surface area contributed by atoms with Gasteiger partial charge in [-0.2, -0.15) is 0 Å². The van der Waals surface area contributed by atoms with Gasteiger partial charge in [0, 0.05) is 35.1 Å². The first kappa shape index (κ1) is 29.2. The maximum atomic E-state index is 13.9. The molecule has 2 aliphatic carbocycles. The third-order valence-electron chi connectivity index (χ3n) is 9.30. The summed E-state index contributed by atoms with van der Waals surface area (Å²) in [5.74, 6) is -3.84. The summed E-state index contributed by atoms with van der Waals surface area (Å²) in [5, 5.41) is 56.3. The highest BCUT2D eigenvalue weighted by molar-refractivity contribution is 6.30. The molecule has 0 spiro atoms. The van der Waals surface area contributed by atoms with Gasteiger partial charge in [-0.3, -0.25) is 14.4 Å². The Hall–Kier alpha value is -2.91. The van der Waals surface area contributed by atoms with Gasteiger partial charge in [0.25, 0.3) is 0 Å². The van der Waals surface area contributed by atoms with Crippen LogP contribution in [0.5, 0.6) is 11.5 Å². The number of benzene rings is 1. The molecule has 0 aromatic heterocycles. The molecule has 7 rings (SSSR count). The van der Waals surface area contributed by atoms with Crippen LogP contribution in [0.1, 0.15) is 84.4 Å². The number of esters is 1. The molecule has 228 valence electrons. The minimum Gasteiger partial charge on any atom is -0.507 e. The molecule has 6 aliphatic rings. The Labute approximate surface area is 240 Å². The van der Waals surface area contributed by atoms with Crippen molar-refractivity contribution < 1.29 is 63.6 Å². The van der Waals surface area contributed by atoms with Crippen molar-refractivity contribution >= 4 is 17.5 Å². The zero-order valence-corrected chi connectivity index (χ0v) is 23.5. The Kier molecular flexibility index (Phi) is 7.00. The van der Waals surface area contributed by atoms with Crippen LogP contribution in [0, 0.1) is 0 Å². The summed E-state index contributed by atoms with van der Waals surface area (Å²) >= 11 is 0. The third-order valence-corrected chi connectivity index (χ3v) is 9.30. The van der Waals surface area contributed by atoms with Crippen LogP contribution in [0.15, 0.2) is 11.1 Å². The van der Waals surface area contributed by atoms with Gasteiger partial charge in [-0.1, -0.05) is 0 Å². The van der Waals surface area contributed by atoms with Crippen molar-refractivity contribution in [1.29, 1.82) is 0 Å². The zero-order chi connectivity index (χ0) is 30.4. The lowest BCUT2D eigenvalue weighted by molar-refractivity contribution is -0.311. The lowest BCUT2D eigenvalue weighted by Gasteiger charge is -2.54. The van der Waals surface area contributed by atoms with Crippen LogP contribution >= 0.6 is 0 Å². The van der Waals surface area contributed by atoms with Gasteiger partial charge >= 0.3 is 5.97 Å². The van der Waals surface area contributed by atoms with E-state index in [1.165, 1.54) is 6.92 Å². The van der Waals surface area contributed by atoms with Crippen LogP contribution in [0.2, 0.25) is 0 Å². The number of fused-ring (bicyclic) bond motifs is 3. The number of aliphatic hydroxyl groups excluding tert-OH is 2. The summed E-state index contributed by atoms with van der Waals surface area (Å²) in [6.45, 7) is 4.74. The van der Waals surface area contributed by atoms with Crippen molar-refractivity contribution in [2.75, 3.05) is 7.11 Å². The van der Waals surface area contributed by atoms with E-state index < -0.39 is 101 Å². The number of phenols is 2. The van der Waals surface area contributed by atoms with E-state index in [4.69, 9.17) is 18.9 Å². The van der Waals surface area contributed by atoms with Crippen LogP contribution in [0.3, 0.4) is 0 Å². The second-order valence-electron chi connectivity index (χ2n) is 11.6. The van der Waals surface area contributed by atoms with Crippen LogP contribution < -0.4 is 0 Å². The summed E-state index contributed by atoms with van der Waals surface area (Å²) in [4.78, 5) is 39.7. The number of carbonyl (C=O) groups is 3. The number of hydrogen-bond acceptors (Lipinski definition) is 13. The molecule has 4 aliphatic heterocycles. The Morgan fingerprint density at radius 2 is 1.64 bits per heavy atom. The Balaban J connectivity index is 1.44. The number of rotatable bonds is 4. The normalized spacial score (nSPS) is 39.1. The number of aromatic hydroxyl groups is 2. The largest absolute Gasteiger partial charge is 0.507 e. The molecule has 1 aromatic carbocycles. The summed E-state index contributed by atoms with van der Waals surface area (Å²) in [7, 11) is 1.16. The Morgan fingerprint density at radius 1 is 0.976 bits per heavy atom. The second kappa shape index (κ2) is 10.1. The minimum atomic E-state index is -2.05. The summed E-state index contributed by atoms with van der Waals surface area (Å²) in [6.07, 6.45) is -8.33. The topological polar surface area (TPSA) is 199 Å². The molecule has 2 fully saturated rings. The predicted molar refractivity (Wildman–Crippen MR) is 139 cm³/mol. The van der Waals surface area contributed by atoms with Crippen LogP contribution in [0.4, 0.5) is 0 Å². The number of ether oxygens (including phenoxy) is 5. The Bertz CT molecular complexity index is 1400. The fourth-order valence-corrected chi connectivity index (χ4v) is 7.09. The average Bonchev–Trinajstić information content (AvgIpc) is 2.93. The highest BCUT2D eigenvalue weighted by Crippen LogP contribution is 2.60. The van der Waals surface area contributed by atoms with Gasteiger partial charge in [0.05, 0.1) is 67.4 Å². The minimum absolute atomic E-state index is 0.0290. The average molecular weight is 591 g/mol. The van der Waals surface area contributed by atoms with E-state index in [1.54, 1.807) is 13.8 Å². The predicted octanol–water partition coefficient (Wildman–Crippen LogP) is 0.807. The molecule has 0 unspecified atom stereocenters. The molecule has 0 radical (unpaired) electrons. The number of Topliss-reactive ketones (excluding diaryl/α,β-unsaturated/α-hetero) is 2. The maximum absolute atomic E-state index is 13.9. The molecule has 0 amide bonds. The monoisotopic (exact) mass is 590 g/mol. The number of phenolic OH excluding ortho intramolecular Hbond substituents is 2. The van der Waals surface area contributed by atoms with E-state index >= 15 is 0 Å². The van der Waals surface area contributed by atoms with E-state index in [9.17, 15) is 39.9 Å². The van der Waals surface area contributed by atoms with Crippen LogP contribution in [-0.4, -0.2) is 99.2 Å². The molecule has 13 heteroatoms. The molecule has 1 aromatic rings. The first-order chi connectivity index (χ1) is 19.8. The standard InChI is InChI=1S/C29H34O13/c1-9-12(30)5-6-17(40-9)42-15-7-13-19-23(29(15,37)11(3)41-13)28(36)22-21(26(19)34)27(35)20-18(25(22)33)10(2)39-14(24(20)32)8-16(31)38-4/h9-15,17,24,30,32,34,36-37H,5-8H2,1-4H3/t9-,10+,11+,12+,13+,14+,15+,17-,24-,29-/m1/s1. The van der Waals surface area contributed by atoms with Gasteiger partial charge in [0.15, 0.2) is 17.9 Å². The molecule has 5 N–H and O–H groups in total. The fraction of sp³-hybridized carbons (Fsp3) is 0.621. The molecule has 10 atom stereocenters. The smallest absolute Gasteiger partial charge is 0.308 e. The number of aliphatic hydroxyl groups is 3. The summed E-state index contributed by atoms with van der Waals surface area (Å²) in [6, 6.07) is 0. The molecular weight excluding hydrogens is 556 g/mol. The molecule has 2 saturated heterocycles. The van der Waals surface area contributed by atoms with Gasteiger partial charge in [0.1, 0.15) is 23.2 Å². The van der Waals surface area contributed by atoms with Gasteiger partial charge in [-0.05, 0) is 27.2 Å². The molecule has 0 saturated carbocycles. The van der Waals surface area contributed by atoms with Gasteiger partial charge in [-0.15, -0.1) is 0 Å². The first-order valence-corrected chi connectivity index (χ1v) is 14.0. The number of methoxy groups -OCH3 is 1. The molecule has 2 bridgehead atoms. The maximum Gasteiger partial charge on any atom is 0.308 e.